The third-order valence-electron chi connectivity index (χ3n) is 2.71. The topological polar surface area (TPSA) is 63.2 Å². The summed E-state index contributed by atoms with van der Waals surface area (Å²) >= 11 is 5.80. The molecule has 0 aliphatic heterocycles. The van der Waals surface area contributed by atoms with E-state index in [9.17, 15) is 8.42 Å². The summed E-state index contributed by atoms with van der Waals surface area (Å²) in [6.45, 7) is 0. The normalized spacial score (nSPS) is 11.8. The first-order valence-electron chi connectivity index (χ1n) is 5.88. The standard InChI is InChI=1S/C13H14ClN3O2S/c1-17(2)20(18,19)11-5-3-4-10(8-11)9-13-15-7-6-12(14)16-13/h3-8H,9H2,1-2H3. The van der Waals surface area contributed by atoms with Crippen LogP contribution in [0.15, 0.2) is 41.4 Å². The van der Waals surface area contributed by atoms with Crippen molar-refractivity contribution in [2.75, 3.05) is 14.1 Å². The summed E-state index contributed by atoms with van der Waals surface area (Å²) in [7, 11) is -0.429. The van der Waals surface area contributed by atoms with Gasteiger partial charge in [-0.1, -0.05) is 23.7 Å². The molecule has 0 aliphatic rings. The number of rotatable bonds is 4. The Morgan fingerprint density at radius 2 is 2.00 bits per heavy atom. The molecule has 0 aliphatic carbocycles. The lowest BCUT2D eigenvalue weighted by Gasteiger charge is -2.12. The SMILES string of the molecule is CN(C)S(=O)(=O)c1cccc(Cc2nccc(Cl)n2)c1. The van der Waals surface area contributed by atoms with Gasteiger partial charge >= 0.3 is 0 Å². The van der Waals surface area contributed by atoms with Crippen molar-refractivity contribution in [1.82, 2.24) is 14.3 Å². The molecule has 0 saturated heterocycles. The molecule has 5 nitrogen and oxygen atoms in total. The Balaban J connectivity index is 2.32. The highest BCUT2D eigenvalue weighted by Crippen LogP contribution is 2.16. The van der Waals surface area contributed by atoms with Gasteiger partial charge in [0.15, 0.2) is 0 Å². The third kappa shape index (κ3) is 3.33. The minimum Gasteiger partial charge on any atom is -0.241 e. The van der Waals surface area contributed by atoms with Gasteiger partial charge in [0.1, 0.15) is 11.0 Å². The molecule has 0 radical (unpaired) electrons. The van der Waals surface area contributed by atoms with Crippen molar-refractivity contribution in [3.05, 3.63) is 53.1 Å². The maximum Gasteiger partial charge on any atom is 0.242 e. The monoisotopic (exact) mass is 311 g/mol. The molecule has 0 bridgehead atoms. The van der Waals surface area contributed by atoms with Crippen molar-refractivity contribution >= 4 is 21.6 Å². The molecule has 0 saturated carbocycles. The lowest BCUT2D eigenvalue weighted by Crippen LogP contribution is -2.22. The fourth-order valence-electron chi connectivity index (χ4n) is 1.67. The molecule has 7 heteroatoms. The van der Waals surface area contributed by atoms with Gasteiger partial charge in [-0.05, 0) is 23.8 Å². The summed E-state index contributed by atoms with van der Waals surface area (Å²) in [5.74, 6) is 0.553. The van der Waals surface area contributed by atoms with Gasteiger partial charge in [0.05, 0.1) is 4.90 Å². The van der Waals surface area contributed by atoms with Crippen LogP contribution in [-0.4, -0.2) is 36.8 Å². The highest BCUT2D eigenvalue weighted by Gasteiger charge is 2.17. The maximum absolute atomic E-state index is 12.1. The van der Waals surface area contributed by atoms with Crippen molar-refractivity contribution in [2.24, 2.45) is 0 Å². The quantitative estimate of drug-likeness (QED) is 0.810. The molecule has 1 heterocycles. The van der Waals surface area contributed by atoms with Gasteiger partial charge in [-0.15, -0.1) is 0 Å². The maximum atomic E-state index is 12.1. The number of hydrogen-bond acceptors (Lipinski definition) is 4. The number of halogens is 1. The summed E-state index contributed by atoms with van der Waals surface area (Å²) < 4.78 is 25.3. The second-order valence-corrected chi connectivity index (χ2v) is 6.95. The molecule has 0 unspecified atom stereocenters. The van der Waals surface area contributed by atoms with E-state index in [1.54, 1.807) is 30.5 Å². The summed E-state index contributed by atoms with van der Waals surface area (Å²) in [4.78, 5) is 8.45. The zero-order valence-corrected chi connectivity index (χ0v) is 12.7. The highest BCUT2D eigenvalue weighted by molar-refractivity contribution is 7.89. The summed E-state index contributed by atoms with van der Waals surface area (Å²) in [5, 5.41) is 0.368. The van der Waals surface area contributed by atoms with E-state index in [4.69, 9.17) is 11.6 Å². The first kappa shape index (κ1) is 14.9. The summed E-state index contributed by atoms with van der Waals surface area (Å²) in [6, 6.07) is 8.32. The predicted molar refractivity (Wildman–Crippen MR) is 77.2 cm³/mol. The molecule has 1 aromatic carbocycles. The van der Waals surface area contributed by atoms with E-state index in [1.165, 1.54) is 18.4 Å². The number of aromatic nitrogens is 2. The zero-order valence-electron chi connectivity index (χ0n) is 11.1. The smallest absolute Gasteiger partial charge is 0.241 e. The van der Waals surface area contributed by atoms with E-state index in [1.807, 2.05) is 6.07 Å². The molecule has 0 N–H and O–H groups in total. The van der Waals surface area contributed by atoms with Crippen LogP contribution in [-0.2, 0) is 16.4 Å². The van der Waals surface area contributed by atoms with Crippen LogP contribution in [0.5, 0.6) is 0 Å². The van der Waals surface area contributed by atoms with Crippen LogP contribution in [0.2, 0.25) is 5.15 Å². The second-order valence-electron chi connectivity index (χ2n) is 4.41. The average molecular weight is 312 g/mol. The molecule has 20 heavy (non-hydrogen) atoms. The van der Waals surface area contributed by atoms with Crippen LogP contribution in [0, 0.1) is 0 Å². The first-order chi connectivity index (χ1) is 9.39. The summed E-state index contributed by atoms with van der Waals surface area (Å²) in [6.07, 6.45) is 2.00. The average Bonchev–Trinajstić information content (AvgIpc) is 2.39. The first-order valence-corrected chi connectivity index (χ1v) is 7.70. The van der Waals surface area contributed by atoms with Crippen LogP contribution in [0.25, 0.3) is 0 Å². The molecular weight excluding hydrogens is 298 g/mol. The molecule has 0 atom stereocenters. The minimum absolute atomic E-state index is 0.252. The Morgan fingerprint density at radius 3 is 2.65 bits per heavy atom. The highest BCUT2D eigenvalue weighted by atomic mass is 35.5. The Hall–Kier alpha value is -1.50. The summed E-state index contributed by atoms with van der Waals surface area (Å²) in [5.41, 5.74) is 0.815. The molecule has 1 aromatic heterocycles. The van der Waals surface area contributed by atoms with Gasteiger partial charge in [-0.2, -0.15) is 0 Å². The zero-order chi connectivity index (χ0) is 14.8. The fourth-order valence-corrected chi connectivity index (χ4v) is 2.80. The van der Waals surface area contributed by atoms with Crippen molar-refractivity contribution in [3.8, 4) is 0 Å². The van der Waals surface area contributed by atoms with Crippen molar-refractivity contribution in [1.29, 1.82) is 0 Å². The second kappa shape index (κ2) is 5.87. The van der Waals surface area contributed by atoms with Gasteiger partial charge in [-0.3, -0.25) is 0 Å². The molecule has 2 rings (SSSR count). The molecule has 106 valence electrons. The van der Waals surface area contributed by atoms with E-state index in [0.717, 1.165) is 5.56 Å². The Morgan fingerprint density at radius 1 is 1.25 bits per heavy atom. The third-order valence-corrected chi connectivity index (χ3v) is 4.73. The van der Waals surface area contributed by atoms with E-state index >= 15 is 0 Å². The number of nitrogens with zero attached hydrogens (tertiary/aromatic N) is 3. The van der Waals surface area contributed by atoms with Crippen LogP contribution >= 0.6 is 11.6 Å². The van der Waals surface area contributed by atoms with E-state index in [-0.39, 0.29) is 4.90 Å². The van der Waals surface area contributed by atoms with Gasteiger partial charge in [0.25, 0.3) is 0 Å². The lowest BCUT2D eigenvalue weighted by molar-refractivity contribution is 0.520. The van der Waals surface area contributed by atoms with E-state index < -0.39 is 10.0 Å². The number of benzene rings is 1. The van der Waals surface area contributed by atoms with Crippen LogP contribution in [0.1, 0.15) is 11.4 Å². The Kier molecular flexibility index (Phi) is 4.37. The van der Waals surface area contributed by atoms with Crippen molar-refractivity contribution in [3.63, 3.8) is 0 Å². The van der Waals surface area contributed by atoms with Gasteiger partial charge in [0.2, 0.25) is 10.0 Å². The Bertz CT molecular complexity index is 717. The fraction of sp³-hybridized carbons (Fsp3) is 0.231. The Labute approximate surface area is 123 Å². The number of hydrogen-bond donors (Lipinski definition) is 0. The van der Waals surface area contributed by atoms with Crippen LogP contribution in [0.3, 0.4) is 0 Å². The van der Waals surface area contributed by atoms with Gasteiger partial charge in [-0.25, -0.2) is 22.7 Å². The molecule has 2 aromatic rings. The van der Waals surface area contributed by atoms with Crippen LogP contribution in [0.4, 0.5) is 0 Å². The van der Waals surface area contributed by atoms with E-state index in [2.05, 4.69) is 9.97 Å². The van der Waals surface area contributed by atoms with Crippen molar-refractivity contribution < 1.29 is 8.42 Å². The van der Waals surface area contributed by atoms with Gasteiger partial charge in [0, 0.05) is 26.7 Å². The van der Waals surface area contributed by atoms with Gasteiger partial charge < -0.3 is 0 Å². The number of sulfonamides is 1. The minimum atomic E-state index is -3.43. The molecular formula is C13H14ClN3O2S. The molecule has 0 fully saturated rings. The molecule has 0 spiro atoms. The largest absolute Gasteiger partial charge is 0.242 e. The molecule has 0 amide bonds. The predicted octanol–water partition coefficient (Wildman–Crippen LogP) is 1.97. The van der Waals surface area contributed by atoms with Crippen LogP contribution < -0.4 is 0 Å². The lowest BCUT2D eigenvalue weighted by atomic mass is 10.1. The van der Waals surface area contributed by atoms with Crippen molar-refractivity contribution in [2.45, 2.75) is 11.3 Å². The van der Waals surface area contributed by atoms with E-state index in [0.29, 0.717) is 17.4 Å².